The zero-order valence-electron chi connectivity index (χ0n) is 12.8. The Kier molecular flexibility index (Phi) is 4.72. The van der Waals surface area contributed by atoms with Gasteiger partial charge in [0.1, 0.15) is 0 Å². The fourth-order valence-corrected chi connectivity index (χ4v) is 3.51. The van der Waals surface area contributed by atoms with Gasteiger partial charge in [-0.25, -0.2) is 0 Å². The molecule has 0 heterocycles. The molecule has 0 aliphatic heterocycles. The second-order valence-corrected chi connectivity index (χ2v) is 6.33. The van der Waals surface area contributed by atoms with E-state index in [1.807, 2.05) is 0 Å². The molecule has 2 aromatic rings. The molecule has 1 nitrogen and oxygen atoms in total. The van der Waals surface area contributed by atoms with Crippen molar-refractivity contribution >= 4 is 0 Å². The second kappa shape index (κ2) is 6.91. The fourth-order valence-electron chi connectivity index (χ4n) is 3.51. The largest absolute Gasteiger partial charge is 0.306 e. The van der Waals surface area contributed by atoms with Gasteiger partial charge in [-0.15, -0.1) is 0 Å². The highest BCUT2D eigenvalue weighted by molar-refractivity contribution is 5.31. The van der Waals surface area contributed by atoms with Crippen LogP contribution in [-0.2, 0) is 0 Å². The van der Waals surface area contributed by atoms with E-state index in [2.05, 4.69) is 72.9 Å². The number of benzene rings is 2. The maximum Gasteiger partial charge on any atom is 0.0576 e. The summed E-state index contributed by atoms with van der Waals surface area (Å²) in [7, 11) is 0. The van der Waals surface area contributed by atoms with Crippen LogP contribution in [0.5, 0.6) is 0 Å². The molecule has 0 radical (unpaired) electrons. The van der Waals surface area contributed by atoms with Gasteiger partial charge < -0.3 is 5.32 Å². The SMILES string of the molecule is CC1CCCC1CNC(c1ccccc1)c1ccccc1. The zero-order valence-corrected chi connectivity index (χ0v) is 12.8. The van der Waals surface area contributed by atoms with Gasteiger partial charge in [-0.2, -0.15) is 0 Å². The molecule has 2 unspecified atom stereocenters. The number of hydrogen-bond donors (Lipinski definition) is 1. The predicted octanol–water partition coefficient (Wildman–Crippen LogP) is 4.80. The van der Waals surface area contributed by atoms with E-state index in [9.17, 15) is 0 Å². The molecular weight excluding hydrogens is 254 g/mol. The molecule has 110 valence electrons. The minimum Gasteiger partial charge on any atom is -0.306 e. The summed E-state index contributed by atoms with van der Waals surface area (Å²) in [5.41, 5.74) is 2.71. The van der Waals surface area contributed by atoms with Gasteiger partial charge in [0, 0.05) is 0 Å². The lowest BCUT2D eigenvalue weighted by atomic mass is 9.95. The highest BCUT2D eigenvalue weighted by Gasteiger charge is 2.24. The summed E-state index contributed by atoms with van der Waals surface area (Å²) >= 11 is 0. The van der Waals surface area contributed by atoms with Crippen molar-refractivity contribution in [2.75, 3.05) is 6.54 Å². The van der Waals surface area contributed by atoms with Crippen molar-refractivity contribution in [2.24, 2.45) is 11.8 Å². The maximum absolute atomic E-state index is 3.82. The molecule has 0 aromatic heterocycles. The molecule has 1 N–H and O–H groups in total. The summed E-state index contributed by atoms with van der Waals surface area (Å²) in [4.78, 5) is 0. The standard InChI is InChI=1S/C20H25N/c1-16-9-8-14-19(16)15-21-20(17-10-4-2-5-11-17)18-12-6-3-7-13-18/h2-7,10-13,16,19-21H,8-9,14-15H2,1H3. The smallest absolute Gasteiger partial charge is 0.0576 e. The molecule has 0 bridgehead atoms. The summed E-state index contributed by atoms with van der Waals surface area (Å²) in [6, 6.07) is 21.9. The van der Waals surface area contributed by atoms with Gasteiger partial charge in [0.15, 0.2) is 0 Å². The van der Waals surface area contributed by atoms with Crippen molar-refractivity contribution in [1.82, 2.24) is 5.32 Å². The third kappa shape index (κ3) is 3.54. The Balaban J connectivity index is 1.76. The molecule has 1 saturated carbocycles. The summed E-state index contributed by atoms with van der Waals surface area (Å²) < 4.78 is 0. The van der Waals surface area contributed by atoms with Crippen LogP contribution in [0, 0.1) is 11.8 Å². The molecule has 1 heteroatoms. The quantitative estimate of drug-likeness (QED) is 0.829. The lowest BCUT2D eigenvalue weighted by Gasteiger charge is -2.24. The molecule has 0 spiro atoms. The zero-order chi connectivity index (χ0) is 14.5. The van der Waals surface area contributed by atoms with Crippen LogP contribution in [0.25, 0.3) is 0 Å². The topological polar surface area (TPSA) is 12.0 Å². The van der Waals surface area contributed by atoms with E-state index in [0.717, 1.165) is 18.4 Å². The molecule has 2 atom stereocenters. The molecule has 1 aliphatic carbocycles. The highest BCUT2D eigenvalue weighted by Crippen LogP contribution is 2.31. The Morgan fingerprint density at radius 1 is 0.905 bits per heavy atom. The van der Waals surface area contributed by atoms with Crippen molar-refractivity contribution in [3.63, 3.8) is 0 Å². The first kappa shape index (κ1) is 14.3. The predicted molar refractivity (Wildman–Crippen MR) is 89.2 cm³/mol. The first-order valence-electron chi connectivity index (χ1n) is 8.18. The van der Waals surface area contributed by atoms with Crippen molar-refractivity contribution in [3.8, 4) is 0 Å². The molecule has 1 fully saturated rings. The van der Waals surface area contributed by atoms with Crippen LogP contribution in [0.1, 0.15) is 43.4 Å². The van der Waals surface area contributed by atoms with Gasteiger partial charge in [-0.05, 0) is 35.9 Å². The second-order valence-electron chi connectivity index (χ2n) is 6.33. The highest BCUT2D eigenvalue weighted by atomic mass is 14.9. The Bertz CT molecular complexity index is 495. The minimum atomic E-state index is 0.306. The van der Waals surface area contributed by atoms with E-state index in [-0.39, 0.29) is 0 Å². The van der Waals surface area contributed by atoms with Crippen LogP contribution in [-0.4, -0.2) is 6.54 Å². The van der Waals surface area contributed by atoms with Crippen molar-refractivity contribution in [3.05, 3.63) is 71.8 Å². The number of nitrogens with one attached hydrogen (secondary N) is 1. The van der Waals surface area contributed by atoms with Crippen LogP contribution < -0.4 is 5.32 Å². The summed E-state index contributed by atoms with van der Waals surface area (Å²) in [5, 5.41) is 3.82. The monoisotopic (exact) mass is 279 g/mol. The average Bonchev–Trinajstić information content (AvgIpc) is 2.95. The summed E-state index contributed by atoms with van der Waals surface area (Å²) in [6.07, 6.45) is 4.17. The van der Waals surface area contributed by atoms with E-state index < -0.39 is 0 Å². The van der Waals surface area contributed by atoms with E-state index in [1.165, 1.54) is 30.4 Å². The van der Waals surface area contributed by atoms with E-state index in [0.29, 0.717) is 6.04 Å². The molecule has 1 aliphatic rings. The molecule has 3 rings (SSSR count). The minimum absolute atomic E-state index is 0.306. The number of hydrogen-bond acceptors (Lipinski definition) is 1. The van der Waals surface area contributed by atoms with Gasteiger partial charge in [-0.1, -0.05) is 80.4 Å². The maximum atomic E-state index is 3.82. The molecule has 0 amide bonds. The summed E-state index contributed by atoms with van der Waals surface area (Å²) in [5.74, 6) is 1.70. The Labute approximate surface area is 128 Å². The fraction of sp³-hybridized carbons (Fsp3) is 0.400. The van der Waals surface area contributed by atoms with Gasteiger partial charge in [0.25, 0.3) is 0 Å². The molecule has 21 heavy (non-hydrogen) atoms. The third-order valence-corrected chi connectivity index (χ3v) is 4.89. The van der Waals surface area contributed by atoms with Crippen LogP contribution >= 0.6 is 0 Å². The van der Waals surface area contributed by atoms with Crippen molar-refractivity contribution in [2.45, 2.75) is 32.2 Å². The van der Waals surface area contributed by atoms with E-state index >= 15 is 0 Å². The Morgan fingerprint density at radius 2 is 1.48 bits per heavy atom. The van der Waals surface area contributed by atoms with Crippen LogP contribution in [0.2, 0.25) is 0 Å². The van der Waals surface area contributed by atoms with Crippen LogP contribution in [0.15, 0.2) is 60.7 Å². The lowest BCUT2D eigenvalue weighted by Crippen LogP contribution is -2.29. The molecule has 2 aromatic carbocycles. The van der Waals surface area contributed by atoms with Gasteiger partial charge >= 0.3 is 0 Å². The van der Waals surface area contributed by atoms with Crippen LogP contribution in [0.4, 0.5) is 0 Å². The van der Waals surface area contributed by atoms with E-state index in [4.69, 9.17) is 0 Å². The van der Waals surface area contributed by atoms with E-state index in [1.54, 1.807) is 0 Å². The van der Waals surface area contributed by atoms with Gasteiger partial charge in [-0.3, -0.25) is 0 Å². The average molecular weight is 279 g/mol. The molecular formula is C20H25N. The third-order valence-electron chi connectivity index (χ3n) is 4.89. The van der Waals surface area contributed by atoms with Gasteiger partial charge in [0.2, 0.25) is 0 Å². The Hall–Kier alpha value is -1.60. The van der Waals surface area contributed by atoms with Crippen molar-refractivity contribution < 1.29 is 0 Å². The summed E-state index contributed by atoms with van der Waals surface area (Å²) in [6.45, 7) is 3.52. The number of rotatable bonds is 5. The first-order chi connectivity index (χ1) is 10.3. The van der Waals surface area contributed by atoms with Gasteiger partial charge in [0.05, 0.1) is 6.04 Å². The molecule has 0 saturated heterocycles. The lowest BCUT2D eigenvalue weighted by molar-refractivity contribution is 0.380. The van der Waals surface area contributed by atoms with Crippen LogP contribution in [0.3, 0.4) is 0 Å². The normalized spacial score (nSPS) is 21.8. The first-order valence-corrected chi connectivity index (χ1v) is 8.18. The van der Waals surface area contributed by atoms with Crippen molar-refractivity contribution in [1.29, 1.82) is 0 Å². The Morgan fingerprint density at radius 3 is 1.95 bits per heavy atom.